The second-order valence-corrected chi connectivity index (χ2v) is 12.7. The summed E-state index contributed by atoms with van der Waals surface area (Å²) in [6.45, 7) is 16.9. The molecular formula is C30H49NO8. The van der Waals surface area contributed by atoms with Gasteiger partial charge in [0, 0.05) is 0 Å². The Hall–Kier alpha value is -2.81. The lowest BCUT2D eigenvalue weighted by Crippen LogP contribution is -2.47. The molecular weight excluding hydrogens is 502 g/mol. The zero-order valence-electron chi connectivity index (χ0n) is 25.3. The highest BCUT2D eigenvalue weighted by atomic mass is 16.6. The van der Waals surface area contributed by atoms with Gasteiger partial charge in [-0.2, -0.15) is 0 Å². The van der Waals surface area contributed by atoms with Gasteiger partial charge in [0.05, 0.1) is 25.2 Å². The largest absolute Gasteiger partial charge is 0.482 e. The minimum atomic E-state index is -1.08. The Labute approximate surface area is 233 Å². The van der Waals surface area contributed by atoms with E-state index in [0.717, 1.165) is 11.1 Å². The van der Waals surface area contributed by atoms with E-state index < -0.39 is 41.7 Å². The summed E-state index contributed by atoms with van der Waals surface area (Å²) in [5.41, 5.74) is 1.00. The molecule has 0 saturated heterocycles. The number of rotatable bonds is 13. The molecule has 9 heteroatoms. The van der Waals surface area contributed by atoms with E-state index in [1.807, 2.05) is 18.2 Å². The molecule has 0 aliphatic heterocycles. The summed E-state index contributed by atoms with van der Waals surface area (Å²) in [6, 6.07) is 5.25. The van der Waals surface area contributed by atoms with Gasteiger partial charge in [0.1, 0.15) is 11.4 Å². The summed E-state index contributed by atoms with van der Waals surface area (Å²) in [6.07, 6.45) is -0.724. The number of aliphatic hydroxyl groups excluding tert-OH is 1. The molecule has 0 bridgehead atoms. The van der Waals surface area contributed by atoms with Crippen LogP contribution in [-0.2, 0) is 30.9 Å². The normalized spacial score (nSPS) is 15.2. The number of carboxylic acids is 1. The van der Waals surface area contributed by atoms with Crippen LogP contribution in [-0.4, -0.2) is 59.7 Å². The fraction of sp³-hybridized carbons (Fsp3) is 0.700. The molecule has 0 spiro atoms. The molecule has 0 aromatic heterocycles. The summed E-state index contributed by atoms with van der Waals surface area (Å²) < 4.78 is 16.0. The molecule has 0 aliphatic carbocycles. The van der Waals surface area contributed by atoms with Crippen molar-refractivity contribution in [2.45, 2.75) is 105 Å². The van der Waals surface area contributed by atoms with Gasteiger partial charge in [-0.05, 0) is 74.5 Å². The van der Waals surface area contributed by atoms with E-state index in [-0.39, 0.29) is 30.3 Å². The second kappa shape index (κ2) is 14.5. The third-order valence-corrected chi connectivity index (χ3v) is 6.61. The van der Waals surface area contributed by atoms with Crippen LogP contribution in [0.3, 0.4) is 0 Å². The van der Waals surface area contributed by atoms with Gasteiger partial charge in [-0.25, -0.2) is 9.59 Å². The average molecular weight is 552 g/mol. The van der Waals surface area contributed by atoms with Crippen LogP contribution in [0.25, 0.3) is 0 Å². The summed E-state index contributed by atoms with van der Waals surface area (Å²) >= 11 is 0. The molecule has 1 aromatic carbocycles. The number of ether oxygens (including phenoxy) is 3. The average Bonchev–Trinajstić information content (AvgIpc) is 2.79. The molecule has 0 heterocycles. The number of carbonyl (C=O) groups is 3. The Morgan fingerprint density at radius 3 is 2.10 bits per heavy atom. The van der Waals surface area contributed by atoms with E-state index in [0.29, 0.717) is 18.6 Å². The number of hydrogen-bond donors (Lipinski definition) is 3. The SMILES string of the molecule is COC(=O)COc1cc(C[C@@H](C[C@H](NC(=O)OC(C)(C)C)[C@@H](O)CC(C)C(=O)O)C(C)C)ccc1C(C)(C)C. The van der Waals surface area contributed by atoms with E-state index in [4.69, 9.17) is 14.2 Å². The molecule has 3 N–H and O–H groups in total. The zero-order chi connectivity index (χ0) is 30.1. The Bertz CT molecular complexity index is 961. The monoisotopic (exact) mass is 551 g/mol. The van der Waals surface area contributed by atoms with Crippen molar-refractivity contribution >= 4 is 18.0 Å². The van der Waals surface area contributed by atoms with E-state index in [9.17, 15) is 24.6 Å². The van der Waals surface area contributed by atoms with Gasteiger partial charge in [0.2, 0.25) is 0 Å². The van der Waals surface area contributed by atoms with Gasteiger partial charge in [-0.3, -0.25) is 4.79 Å². The van der Waals surface area contributed by atoms with Crippen LogP contribution in [0.15, 0.2) is 18.2 Å². The minimum Gasteiger partial charge on any atom is -0.482 e. The van der Waals surface area contributed by atoms with Crippen molar-refractivity contribution in [2.24, 2.45) is 17.8 Å². The van der Waals surface area contributed by atoms with Crippen LogP contribution >= 0.6 is 0 Å². The smallest absolute Gasteiger partial charge is 0.407 e. The number of carbonyl (C=O) groups excluding carboxylic acids is 2. The van der Waals surface area contributed by atoms with Crippen molar-refractivity contribution in [1.82, 2.24) is 5.32 Å². The van der Waals surface area contributed by atoms with Gasteiger partial charge >= 0.3 is 18.0 Å². The zero-order valence-corrected chi connectivity index (χ0v) is 25.3. The molecule has 1 aromatic rings. The number of alkyl carbamates (subject to hydrolysis) is 1. The van der Waals surface area contributed by atoms with Crippen LogP contribution in [0.2, 0.25) is 0 Å². The number of amides is 1. The maximum Gasteiger partial charge on any atom is 0.407 e. The third-order valence-electron chi connectivity index (χ3n) is 6.61. The molecule has 0 saturated carbocycles. The lowest BCUT2D eigenvalue weighted by atomic mass is 9.80. The van der Waals surface area contributed by atoms with Crippen molar-refractivity contribution in [1.29, 1.82) is 0 Å². The van der Waals surface area contributed by atoms with Crippen molar-refractivity contribution in [2.75, 3.05) is 13.7 Å². The lowest BCUT2D eigenvalue weighted by molar-refractivity contribution is -0.143. The number of esters is 1. The van der Waals surface area contributed by atoms with Crippen molar-refractivity contribution in [3.63, 3.8) is 0 Å². The molecule has 0 aliphatic rings. The van der Waals surface area contributed by atoms with E-state index in [1.165, 1.54) is 14.0 Å². The standard InChI is InChI=1S/C30H49NO8/c1-18(2)21(14-20-11-12-22(29(4,5)6)25(15-20)38-17-26(33)37-10)16-23(24(32)13-19(3)27(34)35)31-28(36)39-30(7,8)9/h11-12,15,18-19,21,23-24,32H,13-14,16-17H2,1-10H3,(H,31,36)(H,34,35)/t19?,21-,23-,24-/m0/s1. The van der Waals surface area contributed by atoms with Crippen LogP contribution in [0.1, 0.15) is 86.3 Å². The predicted molar refractivity (Wildman–Crippen MR) is 150 cm³/mol. The predicted octanol–water partition coefficient (Wildman–Crippen LogP) is 5.11. The Kier molecular flexibility index (Phi) is 12.8. The van der Waals surface area contributed by atoms with Crippen LogP contribution < -0.4 is 10.1 Å². The summed E-state index contributed by atoms with van der Waals surface area (Å²) in [4.78, 5) is 35.8. The molecule has 1 rings (SSSR count). The highest BCUT2D eigenvalue weighted by Crippen LogP contribution is 2.34. The summed E-state index contributed by atoms with van der Waals surface area (Å²) in [5.74, 6) is -1.45. The van der Waals surface area contributed by atoms with Crippen molar-refractivity contribution in [3.05, 3.63) is 29.3 Å². The minimum absolute atomic E-state index is 0.00753. The number of benzene rings is 1. The van der Waals surface area contributed by atoms with Crippen LogP contribution in [0, 0.1) is 17.8 Å². The van der Waals surface area contributed by atoms with Gasteiger partial charge in [0.15, 0.2) is 6.61 Å². The molecule has 1 amide bonds. The van der Waals surface area contributed by atoms with Gasteiger partial charge in [-0.15, -0.1) is 0 Å². The molecule has 4 atom stereocenters. The van der Waals surface area contributed by atoms with Crippen molar-refractivity contribution < 1.29 is 38.8 Å². The van der Waals surface area contributed by atoms with Crippen LogP contribution in [0.5, 0.6) is 5.75 Å². The second-order valence-electron chi connectivity index (χ2n) is 12.7. The Morgan fingerprint density at radius 1 is 1.00 bits per heavy atom. The Morgan fingerprint density at radius 2 is 1.62 bits per heavy atom. The number of aliphatic hydroxyl groups is 1. The quantitative estimate of drug-likeness (QED) is 0.288. The highest BCUT2D eigenvalue weighted by Gasteiger charge is 2.31. The number of hydrogen-bond acceptors (Lipinski definition) is 7. The fourth-order valence-corrected chi connectivity index (χ4v) is 4.25. The summed E-state index contributed by atoms with van der Waals surface area (Å²) in [5, 5.41) is 23.1. The molecule has 9 nitrogen and oxygen atoms in total. The van der Waals surface area contributed by atoms with Crippen LogP contribution in [0.4, 0.5) is 4.79 Å². The molecule has 222 valence electrons. The number of methoxy groups -OCH3 is 1. The number of aliphatic carboxylic acids is 1. The van der Waals surface area contributed by atoms with E-state index in [2.05, 4.69) is 39.9 Å². The highest BCUT2D eigenvalue weighted by molar-refractivity contribution is 5.71. The molecule has 1 unspecified atom stereocenters. The maximum absolute atomic E-state index is 12.6. The van der Waals surface area contributed by atoms with E-state index in [1.54, 1.807) is 20.8 Å². The van der Waals surface area contributed by atoms with Gasteiger partial charge in [0.25, 0.3) is 0 Å². The Balaban J connectivity index is 3.26. The van der Waals surface area contributed by atoms with Gasteiger partial charge < -0.3 is 29.7 Å². The molecule has 0 fully saturated rings. The molecule has 0 radical (unpaired) electrons. The number of carboxylic acid groups (broad SMARTS) is 1. The first kappa shape index (κ1) is 34.2. The van der Waals surface area contributed by atoms with Crippen molar-refractivity contribution in [3.8, 4) is 5.75 Å². The van der Waals surface area contributed by atoms with Gasteiger partial charge in [-0.1, -0.05) is 53.7 Å². The first-order chi connectivity index (χ1) is 17.8. The maximum atomic E-state index is 12.6. The summed E-state index contributed by atoms with van der Waals surface area (Å²) in [7, 11) is 1.31. The number of nitrogens with one attached hydrogen (secondary N) is 1. The topological polar surface area (TPSA) is 131 Å². The third kappa shape index (κ3) is 12.3. The first-order valence-electron chi connectivity index (χ1n) is 13.6. The lowest BCUT2D eigenvalue weighted by Gasteiger charge is -2.32. The molecule has 39 heavy (non-hydrogen) atoms. The first-order valence-corrected chi connectivity index (χ1v) is 13.6. The van der Waals surface area contributed by atoms with E-state index >= 15 is 0 Å². The fourth-order valence-electron chi connectivity index (χ4n) is 4.25.